The second-order valence-electron chi connectivity index (χ2n) is 6.70. The van der Waals surface area contributed by atoms with Crippen LogP contribution in [0.4, 0.5) is 0 Å². The number of carbonyl (C=O) groups is 1. The number of hydrogen-bond donors (Lipinski definition) is 1. The maximum absolute atomic E-state index is 13.1. The zero-order valence-corrected chi connectivity index (χ0v) is 17.5. The zero-order chi connectivity index (χ0) is 20.9. The van der Waals surface area contributed by atoms with Gasteiger partial charge in [-0.1, -0.05) is 25.1 Å². The molecular formula is C22H21N5O2S. The van der Waals surface area contributed by atoms with E-state index in [1.807, 2.05) is 53.9 Å². The van der Waals surface area contributed by atoms with Gasteiger partial charge in [0.25, 0.3) is 5.91 Å². The summed E-state index contributed by atoms with van der Waals surface area (Å²) < 4.78 is 6.89. The van der Waals surface area contributed by atoms with Crippen LogP contribution in [0.25, 0.3) is 16.8 Å². The van der Waals surface area contributed by atoms with E-state index in [2.05, 4.69) is 27.8 Å². The standard InChI is InChI=1S/C22H21N5O2S/c1-3-20(21-8-5-9-30-21)24-22(28)17-10-16(15-6-4-7-19(13-15)29-2)11-18(12-17)27-14-23-25-26-27/h4-14,20H,3H2,1-2H3,(H,24,28). The molecule has 0 radical (unpaired) electrons. The van der Waals surface area contributed by atoms with Crippen LogP contribution in [-0.4, -0.2) is 33.2 Å². The van der Waals surface area contributed by atoms with Crippen LogP contribution in [0.1, 0.15) is 34.6 Å². The van der Waals surface area contributed by atoms with Crippen molar-refractivity contribution < 1.29 is 9.53 Å². The number of nitrogens with zero attached hydrogens (tertiary/aromatic N) is 4. The first kappa shape index (κ1) is 19.8. The van der Waals surface area contributed by atoms with Gasteiger partial charge >= 0.3 is 0 Å². The maximum Gasteiger partial charge on any atom is 0.251 e. The Morgan fingerprint density at radius 3 is 2.77 bits per heavy atom. The number of nitrogens with one attached hydrogen (secondary N) is 1. The fraction of sp³-hybridized carbons (Fsp3) is 0.182. The number of thiophene rings is 1. The van der Waals surface area contributed by atoms with Crippen LogP contribution in [0, 0.1) is 0 Å². The highest BCUT2D eigenvalue weighted by atomic mass is 32.1. The Kier molecular flexibility index (Phi) is 5.85. The Bertz CT molecular complexity index is 1130. The lowest BCUT2D eigenvalue weighted by Gasteiger charge is -2.17. The first-order valence-corrected chi connectivity index (χ1v) is 10.4. The van der Waals surface area contributed by atoms with Crippen molar-refractivity contribution in [3.05, 3.63) is 76.7 Å². The van der Waals surface area contributed by atoms with E-state index in [4.69, 9.17) is 4.74 Å². The Balaban J connectivity index is 1.73. The number of carbonyl (C=O) groups excluding carboxylic acids is 1. The Labute approximate surface area is 178 Å². The van der Waals surface area contributed by atoms with Crippen LogP contribution in [0.15, 0.2) is 66.3 Å². The van der Waals surface area contributed by atoms with E-state index in [0.717, 1.165) is 28.2 Å². The molecule has 0 fully saturated rings. The van der Waals surface area contributed by atoms with Crippen molar-refractivity contribution in [3.8, 4) is 22.6 Å². The van der Waals surface area contributed by atoms with Gasteiger partial charge in [-0.3, -0.25) is 4.79 Å². The summed E-state index contributed by atoms with van der Waals surface area (Å²) in [6, 6.07) is 17.3. The van der Waals surface area contributed by atoms with Crippen LogP contribution in [-0.2, 0) is 0 Å². The van der Waals surface area contributed by atoms with Crippen LogP contribution in [0.3, 0.4) is 0 Å². The SMILES string of the molecule is CCC(NC(=O)c1cc(-c2cccc(OC)c2)cc(-n2cnnn2)c1)c1cccs1. The highest BCUT2D eigenvalue weighted by Crippen LogP contribution is 2.28. The van der Waals surface area contributed by atoms with Gasteiger partial charge in [0.05, 0.1) is 18.8 Å². The molecule has 2 aromatic carbocycles. The summed E-state index contributed by atoms with van der Waals surface area (Å²) in [4.78, 5) is 14.3. The van der Waals surface area contributed by atoms with Crippen molar-refractivity contribution in [2.75, 3.05) is 7.11 Å². The van der Waals surface area contributed by atoms with E-state index in [0.29, 0.717) is 11.3 Å². The largest absolute Gasteiger partial charge is 0.497 e. The molecule has 4 rings (SSSR count). The third kappa shape index (κ3) is 4.23. The first-order valence-electron chi connectivity index (χ1n) is 9.55. The number of tetrazole rings is 1. The highest BCUT2D eigenvalue weighted by molar-refractivity contribution is 7.10. The maximum atomic E-state index is 13.1. The van der Waals surface area contributed by atoms with Gasteiger partial charge in [0.2, 0.25) is 0 Å². The van der Waals surface area contributed by atoms with Gasteiger partial charge in [0.1, 0.15) is 12.1 Å². The van der Waals surface area contributed by atoms with E-state index < -0.39 is 0 Å². The monoisotopic (exact) mass is 419 g/mol. The summed E-state index contributed by atoms with van der Waals surface area (Å²) in [5, 5.41) is 16.6. The lowest BCUT2D eigenvalue weighted by Crippen LogP contribution is -2.27. The molecule has 1 atom stereocenters. The summed E-state index contributed by atoms with van der Waals surface area (Å²) in [5.41, 5.74) is 3.05. The third-order valence-corrected chi connectivity index (χ3v) is 5.78. The number of ether oxygens (including phenoxy) is 1. The lowest BCUT2D eigenvalue weighted by atomic mass is 10.0. The molecule has 30 heavy (non-hydrogen) atoms. The minimum atomic E-state index is -0.144. The number of amides is 1. The summed E-state index contributed by atoms with van der Waals surface area (Å²) >= 11 is 1.64. The Morgan fingerprint density at radius 2 is 2.07 bits per heavy atom. The molecule has 2 aromatic heterocycles. The summed E-state index contributed by atoms with van der Waals surface area (Å²) in [7, 11) is 1.63. The predicted octanol–water partition coefficient (Wildman–Crippen LogP) is 4.28. The Hall–Kier alpha value is -3.52. The van der Waals surface area contributed by atoms with Crippen molar-refractivity contribution in [2.24, 2.45) is 0 Å². The second-order valence-corrected chi connectivity index (χ2v) is 7.68. The number of rotatable bonds is 7. The normalized spacial score (nSPS) is 11.8. The molecule has 0 bridgehead atoms. The van der Waals surface area contributed by atoms with Gasteiger partial charge in [-0.15, -0.1) is 16.4 Å². The topological polar surface area (TPSA) is 81.9 Å². The van der Waals surface area contributed by atoms with E-state index in [-0.39, 0.29) is 11.9 Å². The van der Waals surface area contributed by atoms with E-state index in [1.54, 1.807) is 24.5 Å². The number of hydrogen-bond acceptors (Lipinski definition) is 6. The van der Waals surface area contributed by atoms with E-state index in [1.165, 1.54) is 11.0 Å². The van der Waals surface area contributed by atoms with Crippen LogP contribution in [0.2, 0.25) is 0 Å². The van der Waals surface area contributed by atoms with Crippen LogP contribution < -0.4 is 10.1 Å². The second kappa shape index (κ2) is 8.87. The average Bonchev–Trinajstić information content (AvgIpc) is 3.51. The predicted molar refractivity (Wildman–Crippen MR) is 116 cm³/mol. The molecule has 0 aliphatic heterocycles. The molecule has 8 heteroatoms. The Morgan fingerprint density at radius 1 is 1.17 bits per heavy atom. The average molecular weight is 420 g/mol. The molecular weight excluding hydrogens is 398 g/mol. The van der Waals surface area contributed by atoms with Crippen molar-refractivity contribution in [1.29, 1.82) is 0 Å². The smallest absolute Gasteiger partial charge is 0.251 e. The number of methoxy groups -OCH3 is 1. The minimum absolute atomic E-state index is 0.0329. The molecule has 1 N–H and O–H groups in total. The van der Waals surface area contributed by atoms with Gasteiger partial charge in [-0.05, 0) is 69.8 Å². The molecule has 1 unspecified atom stereocenters. The minimum Gasteiger partial charge on any atom is -0.497 e. The quantitative estimate of drug-likeness (QED) is 0.483. The van der Waals surface area contributed by atoms with Gasteiger partial charge < -0.3 is 10.1 Å². The molecule has 1 amide bonds. The molecule has 0 saturated heterocycles. The van der Waals surface area contributed by atoms with Gasteiger partial charge in [0.15, 0.2) is 0 Å². The molecule has 0 spiro atoms. The first-order chi connectivity index (χ1) is 14.7. The molecule has 0 aliphatic rings. The molecule has 2 heterocycles. The van der Waals surface area contributed by atoms with Crippen LogP contribution in [0.5, 0.6) is 5.75 Å². The summed E-state index contributed by atoms with van der Waals surface area (Å²) in [5.74, 6) is 0.601. The molecule has 0 saturated carbocycles. The van der Waals surface area contributed by atoms with E-state index >= 15 is 0 Å². The fourth-order valence-corrected chi connectivity index (χ4v) is 4.09. The lowest BCUT2D eigenvalue weighted by molar-refractivity contribution is 0.0936. The van der Waals surface area contributed by atoms with Gasteiger partial charge in [-0.2, -0.15) is 0 Å². The van der Waals surface area contributed by atoms with Crippen molar-refractivity contribution >= 4 is 17.2 Å². The molecule has 152 valence electrons. The molecule has 4 aromatic rings. The van der Waals surface area contributed by atoms with Crippen molar-refractivity contribution in [1.82, 2.24) is 25.5 Å². The highest BCUT2D eigenvalue weighted by Gasteiger charge is 2.17. The third-order valence-electron chi connectivity index (χ3n) is 4.80. The molecule has 0 aliphatic carbocycles. The van der Waals surface area contributed by atoms with Crippen molar-refractivity contribution in [3.63, 3.8) is 0 Å². The zero-order valence-electron chi connectivity index (χ0n) is 16.6. The van der Waals surface area contributed by atoms with Gasteiger partial charge in [-0.25, -0.2) is 4.68 Å². The van der Waals surface area contributed by atoms with E-state index in [9.17, 15) is 4.79 Å². The van der Waals surface area contributed by atoms with Gasteiger partial charge in [0, 0.05) is 10.4 Å². The summed E-state index contributed by atoms with van der Waals surface area (Å²) in [6.45, 7) is 2.06. The summed E-state index contributed by atoms with van der Waals surface area (Å²) in [6.07, 6.45) is 2.31. The number of benzene rings is 2. The molecule has 7 nitrogen and oxygen atoms in total. The van der Waals surface area contributed by atoms with Crippen molar-refractivity contribution in [2.45, 2.75) is 19.4 Å². The fourth-order valence-electron chi connectivity index (χ4n) is 3.23. The van der Waals surface area contributed by atoms with Crippen LogP contribution >= 0.6 is 11.3 Å². The number of aromatic nitrogens is 4.